The van der Waals surface area contributed by atoms with E-state index in [9.17, 15) is 8.42 Å². The average Bonchev–Trinajstić information content (AvgIpc) is 2.90. The summed E-state index contributed by atoms with van der Waals surface area (Å²) in [7, 11) is -1.94. The van der Waals surface area contributed by atoms with Gasteiger partial charge in [-0.3, -0.25) is 9.82 Å². The Bertz CT molecular complexity index is 728. The molecule has 6 nitrogen and oxygen atoms in total. The minimum absolute atomic E-state index is 0.0850. The van der Waals surface area contributed by atoms with Crippen LogP contribution in [0.5, 0.6) is 0 Å². The smallest absolute Gasteiger partial charge is 0.279 e. The number of sulfonamides is 1. The maximum Gasteiger partial charge on any atom is 0.279 e. The molecule has 1 aromatic carbocycles. The molecule has 0 aliphatic heterocycles. The first-order valence-corrected chi connectivity index (χ1v) is 8.73. The van der Waals surface area contributed by atoms with E-state index >= 15 is 0 Å². The van der Waals surface area contributed by atoms with Gasteiger partial charge in [0.2, 0.25) is 0 Å². The summed E-state index contributed by atoms with van der Waals surface area (Å²) >= 11 is 3.39. The lowest BCUT2D eigenvalue weighted by Crippen LogP contribution is -2.18. The van der Waals surface area contributed by atoms with Crippen molar-refractivity contribution in [3.05, 3.63) is 40.0 Å². The highest BCUT2D eigenvalue weighted by molar-refractivity contribution is 9.10. The molecule has 0 saturated carbocycles. The third kappa shape index (κ3) is 3.63. The quantitative estimate of drug-likeness (QED) is 0.725. The van der Waals surface area contributed by atoms with Gasteiger partial charge in [0.15, 0.2) is 5.03 Å². The highest BCUT2D eigenvalue weighted by Gasteiger charge is 2.21. The molecule has 0 saturated heterocycles. The summed E-state index contributed by atoms with van der Waals surface area (Å²) in [5.74, 6) is 0. The molecule has 1 heterocycles. The lowest BCUT2D eigenvalue weighted by atomic mass is 10.1. The molecule has 0 atom stereocenters. The molecule has 0 fully saturated rings. The summed E-state index contributed by atoms with van der Waals surface area (Å²) in [4.78, 5) is 0. The van der Waals surface area contributed by atoms with Gasteiger partial charge in [-0.15, -0.1) is 0 Å². The van der Waals surface area contributed by atoms with E-state index in [-0.39, 0.29) is 5.03 Å². The second-order valence-corrected chi connectivity index (χ2v) is 7.05. The van der Waals surface area contributed by atoms with Crippen molar-refractivity contribution in [1.29, 1.82) is 0 Å². The molecule has 3 N–H and O–H groups in total. The van der Waals surface area contributed by atoms with Gasteiger partial charge in [-0.1, -0.05) is 22.9 Å². The van der Waals surface area contributed by atoms with Gasteiger partial charge in [0.25, 0.3) is 10.0 Å². The summed E-state index contributed by atoms with van der Waals surface area (Å²) in [6.45, 7) is 2.40. The molecule has 0 radical (unpaired) electrons. The summed E-state index contributed by atoms with van der Waals surface area (Å²) in [5, 5.41) is 9.37. The maximum atomic E-state index is 12.5. The van der Waals surface area contributed by atoms with Crippen LogP contribution in [0, 0.1) is 0 Å². The monoisotopic (exact) mass is 372 g/mol. The Hall–Kier alpha value is -1.38. The van der Waals surface area contributed by atoms with E-state index in [0.29, 0.717) is 17.8 Å². The molecule has 2 aromatic rings. The molecule has 1 aromatic heterocycles. The first-order chi connectivity index (χ1) is 9.97. The molecule has 0 aliphatic carbocycles. The Morgan fingerprint density at radius 2 is 2.10 bits per heavy atom. The van der Waals surface area contributed by atoms with Crippen molar-refractivity contribution in [3.8, 4) is 0 Å². The second kappa shape index (κ2) is 6.59. The van der Waals surface area contributed by atoms with Crippen molar-refractivity contribution in [3.63, 3.8) is 0 Å². The highest BCUT2D eigenvalue weighted by Crippen LogP contribution is 2.24. The fraction of sp³-hybridized carbons (Fsp3) is 0.308. The first kappa shape index (κ1) is 16.0. The van der Waals surface area contributed by atoms with Crippen LogP contribution in [0.1, 0.15) is 18.1 Å². The molecule has 8 heteroatoms. The summed E-state index contributed by atoms with van der Waals surface area (Å²) < 4.78 is 28.5. The van der Waals surface area contributed by atoms with E-state index in [1.807, 2.05) is 13.0 Å². The number of halogens is 1. The minimum atomic E-state index is -3.69. The average molecular weight is 373 g/mol. The van der Waals surface area contributed by atoms with E-state index in [4.69, 9.17) is 0 Å². The summed E-state index contributed by atoms with van der Waals surface area (Å²) in [5.41, 5.74) is 2.09. The Labute approximate surface area is 132 Å². The number of aromatic amines is 1. The lowest BCUT2D eigenvalue weighted by Gasteiger charge is -2.12. The van der Waals surface area contributed by atoms with Crippen molar-refractivity contribution < 1.29 is 8.42 Å². The minimum Gasteiger partial charge on any atom is -0.316 e. The van der Waals surface area contributed by atoms with Crippen LogP contribution in [0.15, 0.2) is 33.9 Å². The Morgan fingerprint density at radius 1 is 1.33 bits per heavy atom. The predicted molar refractivity (Wildman–Crippen MR) is 85.7 cm³/mol. The molecular weight excluding hydrogens is 356 g/mol. The van der Waals surface area contributed by atoms with Crippen molar-refractivity contribution in [2.45, 2.75) is 24.9 Å². The topological polar surface area (TPSA) is 86.9 Å². The number of nitrogens with one attached hydrogen (secondary N) is 3. The number of aromatic nitrogens is 2. The fourth-order valence-corrected chi connectivity index (χ4v) is 3.64. The van der Waals surface area contributed by atoms with Crippen LogP contribution in [-0.4, -0.2) is 25.7 Å². The van der Waals surface area contributed by atoms with E-state index in [0.717, 1.165) is 16.5 Å². The molecule has 0 aliphatic rings. The Kier molecular flexibility index (Phi) is 5.02. The van der Waals surface area contributed by atoms with Crippen LogP contribution in [0.4, 0.5) is 5.69 Å². The molecule has 2 rings (SSSR count). The molecule has 0 spiro atoms. The van der Waals surface area contributed by atoms with E-state index in [1.165, 1.54) is 6.20 Å². The van der Waals surface area contributed by atoms with Crippen LogP contribution in [0.3, 0.4) is 0 Å². The summed E-state index contributed by atoms with van der Waals surface area (Å²) in [6, 6.07) is 5.45. The van der Waals surface area contributed by atoms with Gasteiger partial charge >= 0.3 is 0 Å². The number of benzene rings is 1. The van der Waals surface area contributed by atoms with Crippen molar-refractivity contribution >= 4 is 31.6 Å². The SMILES string of the molecule is CCc1cc(Br)ccc1NS(=O)(=O)c1[nH]ncc1CNC. The molecule has 21 heavy (non-hydrogen) atoms. The van der Waals surface area contributed by atoms with E-state index < -0.39 is 10.0 Å². The number of aryl methyl sites for hydroxylation is 1. The van der Waals surface area contributed by atoms with E-state index in [2.05, 4.69) is 36.2 Å². The van der Waals surface area contributed by atoms with Crippen molar-refractivity contribution in [2.24, 2.45) is 0 Å². The number of hydrogen-bond donors (Lipinski definition) is 3. The van der Waals surface area contributed by atoms with E-state index in [1.54, 1.807) is 19.2 Å². The van der Waals surface area contributed by atoms with Crippen LogP contribution in [-0.2, 0) is 23.0 Å². The zero-order valence-corrected chi connectivity index (χ0v) is 14.2. The van der Waals surface area contributed by atoms with Gasteiger partial charge in [0.05, 0.1) is 11.9 Å². The van der Waals surface area contributed by atoms with Crippen molar-refractivity contribution in [1.82, 2.24) is 15.5 Å². The maximum absolute atomic E-state index is 12.5. The van der Waals surface area contributed by atoms with Crippen LogP contribution in [0.25, 0.3) is 0 Å². The fourth-order valence-electron chi connectivity index (χ4n) is 2.00. The first-order valence-electron chi connectivity index (χ1n) is 6.46. The van der Waals surface area contributed by atoms with Gasteiger partial charge in [-0.2, -0.15) is 13.5 Å². The molecule has 0 amide bonds. The summed E-state index contributed by atoms with van der Waals surface area (Å²) in [6.07, 6.45) is 2.23. The molecular formula is C13H17BrN4O2S. The van der Waals surface area contributed by atoms with Gasteiger partial charge in [-0.25, -0.2) is 0 Å². The van der Waals surface area contributed by atoms with Crippen LogP contribution in [0.2, 0.25) is 0 Å². The number of anilines is 1. The number of H-pyrrole nitrogens is 1. The number of nitrogens with zero attached hydrogens (tertiary/aromatic N) is 1. The third-order valence-corrected chi connectivity index (χ3v) is 4.88. The van der Waals surface area contributed by atoms with Crippen LogP contribution < -0.4 is 10.0 Å². The number of hydrogen-bond acceptors (Lipinski definition) is 4. The van der Waals surface area contributed by atoms with Gasteiger partial charge in [0, 0.05) is 16.6 Å². The van der Waals surface area contributed by atoms with Gasteiger partial charge in [-0.05, 0) is 37.2 Å². The standard InChI is InChI=1S/C13H17BrN4O2S/c1-3-9-6-11(14)4-5-12(9)18-21(19,20)13-10(7-15-2)8-16-17-13/h4-6,8,15,18H,3,7H2,1-2H3,(H,16,17). The van der Waals surface area contributed by atoms with Gasteiger partial charge < -0.3 is 5.32 Å². The van der Waals surface area contributed by atoms with Gasteiger partial charge in [0.1, 0.15) is 0 Å². The largest absolute Gasteiger partial charge is 0.316 e. The molecule has 114 valence electrons. The molecule has 0 unspecified atom stereocenters. The zero-order chi connectivity index (χ0) is 15.5. The number of rotatable bonds is 6. The normalized spacial score (nSPS) is 11.6. The predicted octanol–water partition coefficient (Wildman–Crippen LogP) is 2.25. The molecule has 0 bridgehead atoms. The van der Waals surface area contributed by atoms with Crippen molar-refractivity contribution in [2.75, 3.05) is 11.8 Å². The highest BCUT2D eigenvalue weighted by atomic mass is 79.9. The lowest BCUT2D eigenvalue weighted by molar-refractivity contribution is 0.595. The second-order valence-electron chi connectivity index (χ2n) is 4.52. The Balaban J connectivity index is 2.35. The Morgan fingerprint density at radius 3 is 2.76 bits per heavy atom. The third-order valence-electron chi connectivity index (χ3n) is 3.01. The van der Waals surface area contributed by atoms with Crippen LogP contribution >= 0.6 is 15.9 Å². The zero-order valence-electron chi connectivity index (χ0n) is 11.8.